The molecule has 31 heavy (non-hydrogen) atoms. The summed E-state index contributed by atoms with van der Waals surface area (Å²) in [6, 6.07) is 10.4. The van der Waals surface area contributed by atoms with Gasteiger partial charge in [0.05, 0.1) is 12.2 Å². The third-order valence-electron chi connectivity index (χ3n) is 5.28. The lowest BCUT2D eigenvalue weighted by Gasteiger charge is -2.28. The van der Waals surface area contributed by atoms with Gasteiger partial charge in [-0.05, 0) is 23.8 Å². The predicted octanol–water partition coefficient (Wildman–Crippen LogP) is 2.05. The number of benzene rings is 1. The van der Waals surface area contributed by atoms with Crippen molar-refractivity contribution in [2.75, 3.05) is 25.1 Å². The average molecular weight is 419 g/mol. The Bertz CT molecular complexity index is 1180. The van der Waals surface area contributed by atoms with Crippen molar-refractivity contribution >= 4 is 11.7 Å². The van der Waals surface area contributed by atoms with Crippen LogP contribution in [0.1, 0.15) is 16.8 Å². The number of amides is 2. The number of hydrogen-bond acceptors (Lipinski definition) is 6. The summed E-state index contributed by atoms with van der Waals surface area (Å²) in [6.07, 6.45) is 3.99. The van der Waals surface area contributed by atoms with Crippen LogP contribution in [0.4, 0.5) is 10.5 Å². The highest BCUT2D eigenvalue weighted by molar-refractivity contribution is 5.89. The Kier molecular flexibility index (Phi) is 4.99. The first-order valence-electron chi connectivity index (χ1n) is 10.1. The highest BCUT2D eigenvalue weighted by Gasteiger charge is 2.23. The zero-order chi connectivity index (χ0) is 21.2. The minimum absolute atomic E-state index is 0.198. The van der Waals surface area contributed by atoms with Gasteiger partial charge in [0.2, 0.25) is 0 Å². The number of hydrogen-bond donors (Lipinski definition) is 1. The van der Waals surface area contributed by atoms with Crippen LogP contribution in [0.5, 0.6) is 11.5 Å². The third kappa shape index (κ3) is 4.07. The van der Waals surface area contributed by atoms with Crippen LogP contribution in [0, 0.1) is 0 Å². The monoisotopic (exact) mass is 419 g/mol. The fraction of sp³-hybridized carbons (Fsp3) is 0.273. The van der Waals surface area contributed by atoms with Crippen LogP contribution < -0.4 is 20.3 Å². The number of ether oxygens (including phenoxy) is 2. The van der Waals surface area contributed by atoms with Crippen molar-refractivity contribution in [2.45, 2.75) is 19.5 Å². The van der Waals surface area contributed by atoms with Crippen molar-refractivity contribution in [3.8, 4) is 11.5 Å². The molecule has 5 rings (SSSR count). The molecule has 0 saturated heterocycles. The molecule has 2 aromatic heterocycles. The van der Waals surface area contributed by atoms with Gasteiger partial charge in [-0.1, -0.05) is 6.07 Å². The molecule has 2 aliphatic rings. The first kappa shape index (κ1) is 19.1. The second-order valence-corrected chi connectivity index (χ2v) is 7.43. The number of fused-ring (bicyclic) bond motifs is 2. The van der Waals surface area contributed by atoms with Gasteiger partial charge >= 0.3 is 6.03 Å². The van der Waals surface area contributed by atoms with Gasteiger partial charge in [0.25, 0.3) is 5.56 Å². The Hall–Kier alpha value is -3.88. The quantitative estimate of drug-likeness (QED) is 0.698. The van der Waals surface area contributed by atoms with E-state index < -0.39 is 0 Å². The predicted molar refractivity (Wildman–Crippen MR) is 112 cm³/mol. The molecule has 0 atom stereocenters. The largest absolute Gasteiger partial charge is 0.486 e. The molecule has 158 valence electrons. The lowest BCUT2D eigenvalue weighted by atomic mass is 10.1. The third-order valence-corrected chi connectivity index (χ3v) is 5.28. The van der Waals surface area contributed by atoms with Crippen LogP contribution in [0.3, 0.4) is 0 Å². The van der Waals surface area contributed by atoms with Crippen molar-refractivity contribution in [1.29, 1.82) is 0 Å². The van der Waals surface area contributed by atoms with Crippen LogP contribution in [0.2, 0.25) is 0 Å². The Labute approximate surface area is 178 Å². The number of anilines is 1. The van der Waals surface area contributed by atoms with E-state index in [1.165, 1.54) is 4.68 Å². The first-order valence-corrected chi connectivity index (χ1v) is 10.1. The van der Waals surface area contributed by atoms with Gasteiger partial charge in [-0.2, -0.15) is 5.10 Å². The normalized spacial score (nSPS) is 14.6. The van der Waals surface area contributed by atoms with Gasteiger partial charge in [-0.25, -0.2) is 9.48 Å². The first-order chi connectivity index (χ1) is 15.2. The molecule has 2 aliphatic heterocycles. The summed E-state index contributed by atoms with van der Waals surface area (Å²) in [5.74, 6) is 1.29. The molecule has 0 fully saturated rings. The van der Waals surface area contributed by atoms with Gasteiger partial charge in [-0.3, -0.25) is 9.78 Å². The fourth-order valence-electron chi connectivity index (χ4n) is 3.71. The van der Waals surface area contributed by atoms with E-state index in [1.807, 2.05) is 12.1 Å². The molecule has 9 heteroatoms. The highest BCUT2D eigenvalue weighted by Crippen LogP contribution is 2.32. The second-order valence-electron chi connectivity index (χ2n) is 7.43. The van der Waals surface area contributed by atoms with Crippen LogP contribution in [-0.4, -0.2) is 45.5 Å². The molecule has 4 heterocycles. The summed E-state index contributed by atoms with van der Waals surface area (Å²) in [6.45, 7) is 2.22. The smallest absolute Gasteiger partial charge is 0.322 e. The molecule has 3 aromatic rings. The lowest BCUT2D eigenvalue weighted by Crippen LogP contribution is -2.40. The van der Waals surface area contributed by atoms with E-state index >= 15 is 0 Å². The van der Waals surface area contributed by atoms with Crippen LogP contribution in [-0.2, 0) is 19.5 Å². The van der Waals surface area contributed by atoms with E-state index in [0.29, 0.717) is 56.5 Å². The SMILES string of the molecule is O=C(Nc1ccc2c(c1)OCCO2)N1CCc2nn(Cc3cccnc3)c(=O)cc2C1. The molecule has 1 N–H and O–H groups in total. The van der Waals surface area contributed by atoms with E-state index in [1.54, 1.807) is 41.6 Å². The summed E-state index contributed by atoms with van der Waals surface area (Å²) in [5, 5.41) is 7.41. The molecule has 2 amide bonds. The fourth-order valence-corrected chi connectivity index (χ4v) is 3.71. The Morgan fingerprint density at radius 3 is 2.84 bits per heavy atom. The van der Waals surface area contributed by atoms with Gasteiger partial charge in [-0.15, -0.1) is 0 Å². The van der Waals surface area contributed by atoms with Gasteiger partial charge in [0.15, 0.2) is 11.5 Å². The molecular weight excluding hydrogens is 398 g/mol. The Balaban J connectivity index is 1.28. The standard InChI is InChI=1S/C22H21N5O4/c28-21-10-16-14-26(7-5-18(16)25-27(21)13-15-2-1-6-23-12-15)22(29)24-17-3-4-19-20(11-17)31-9-8-30-19/h1-4,6,10-12H,5,7-9,13-14H2,(H,24,29). The molecule has 0 aliphatic carbocycles. The second kappa shape index (κ2) is 8.10. The van der Waals surface area contributed by atoms with E-state index in [9.17, 15) is 9.59 Å². The van der Waals surface area contributed by atoms with Gasteiger partial charge < -0.3 is 19.7 Å². The van der Waals surface area contributed by atoms with E-state index in [4.69, 9.17) is 9.47 Å². The van der Waals surface area contributed by atoms with E-state index in [0.717, 1.165) is 16.8 Å². The average Bonchev–Trinajstić information content (AvgIpc) is 2.80. The number of pyridine rings is 1. The number of aromatic nitrogens is 3. The van der Waals surface area contributed by atoms with Crippen molar-refractivity contribution < 1.29 is 14.3 Å². The van der Waals surface area contributed by atoms with Crippen LogP contribution in [0.15, 0.2) is 53.6 Å². The number of rotatable bonds is 3. The zero-order valence-corrected chi connectivity index (χ0v) is 16.8. The number of carbonyl (C=O) groups is 1. The molecule has 1 aromatic carbocycles. The maximum atomic E-state index is 12.8. The number of urea groups is 1. The van der Waals surface area contributed by atoms with Crippen molar-refractivity contribution in [2.24, 2.45) is 0 Å². The molecule has 0 unspecified atom stereocenters. The highest BCUT2D eigenvalue weighted by atomic mass is 16.6. The molecule has 0 radical (unpaired) electrons. The van der Waals surface area contributed by atoms with E-state index in [-0.39, 0.29) is 11.6 Å². The summed E-state index contributed by atoms with van der Waals surface area (Å²) < 4.78 is 12.5. The minimum atomic E-state index is -0.234. The van der Waals surface area contributed by atoms with Crippen LogP contribution >= 0.6 is 0 Å². The summed E-state index contributed by atoms with van der Waals surface area (Å²) in [7, 11) is 0. The number of nitrogens with one attached hydrogen (secondary N) is 1. The maximum Gasteiger partial charge on any atom is 0.322 e. The molecule has 0 bridgehead atoms. The Morgan fingerprint density at radius 2 is 2.00 bits per heavy atom. The summed E-state index contributed by atoms with van der Waals surface area (Å²) in [5.41, 5.74) is 2.96. The molecule has 9 nitrogen and oxygen atoms in total. The van der Waals surface area contributed by atoms with Gasteiger partial charge in [0, 0.05) is 55.3 Å². The summed E-state index contributed by atoms with van der Waals surface area (Å²) >= 11 is 0. The topological polar surface area (TPSA) is 98.6 Å². The van der Waals surface area contributed by atoms with Gasteiger partial charge in [0.1, 0.15) is 13.2 Å². The van der Waals surface area contributed by atoms with Crippen molar-refractivity contribution in [1.82, 2.24) is 19.7 Å². The zero-order valence-electron chi connectivity index (χ0n) is 16.8. The minimum Gasteiger partial charge on any atom is -0.486 e. The molecular formula is C22H21N5O4. The lowest BCUT2D eigenvalue weighted by molar-refractivity contribution is 0.171. The summed E-state index contributed by atoms with van der Waals surface area (Å²) in [4.78, 5) is 31.1. The maximum absolute atomic E-state index is 12.8. The number of carbonyl (C=O) groups excluding carboxylic acids is 1. The van der Waals surface area contributed by atoms with Crippen molar-refractivity contribution in [3.63, 3.8) is 0 Å². The molecule has 0 saturated carbocycles. The van der Waals surface area contributed by atoms with E-state index in [2.05, 4.69) is 15.4 Å². The molecule has 0 spiro atoms. The Morgan fingerprint density at radius 1 is 1.13 bits per heavy atom. The van der Waals surface area contributed by atoms with Crippen LogP contribution in [0.25, 0.3) is 0 Å². The number of nitrogens with zero attached hydrogens (tertiary/aromatic N) is 4. The van der Waals surface area contributed by atoms with Crippen molar-refractivity contribution in [3.05, 3.63) is 76.0 Å².